The first-order valence-electron chi connectivity index (χ1n) is 5.96. The molecule has 2 rings (SSSR count). The summed E-state index contributed by atoms with van der Waals surface area (Å²) in [6.45, 7) is 1.74. The fourth-order valence-corrected chi connectivity index (χ4v) is 2.21. The Morgan fingerprint density at radius 1 is 1.58 bits per heavy atom. The number of β-amino-alcohol motifs (C(OH)–C–C–N with tert-alkyl or cyclic N) is 1. The highest BCUT2D eigenvalue weighted by atomic mass is 35.5. The lowest BCUT2D eigenvalue weighted by atomic mass is 9.90. The van der Waals surface area contributed by atoms with E-state index < -0.39 is 23.4 Å². The van der Waals surface area contributed by atoms with E-state index in [1.165, 1.54) is 24.0 Å². The van der Waals surface area contributed by atoms with Crippen molar-refractivity contribution in [2.24, 2.45) is 0 Å². The van der Waals surface area contributed by atoms with Gasteiger partial charge in [0, 0.05) is 18.1 Å². The Morgan fingerprint density at radius 3 is 2.89 bits per heavy atom. The van der Waals surface area contributed by atoms with E-state index >= 15 is 0 Å². The summed E-state index contributed by atoms with van der Waals surface area (Å²) in [5.41, 5.74) is -1.34. The van der Waals surface area contributed by atoms with Gasteiger partial charge >= 0.3 is 0 Å². The van der Waals surface area contributed by atoms with Crippen molar-refractivity contribution < 1.29 is 19.4 Å². The van der Waals surface area contributed by atoms with Crippen LogP contribution in [0.3, 0.4) is 0 Å². The molecular weight excluding hydrogens is 273 g/mol. The van der Waals surface area contributed by atoms with Gasteiger partial charge in [0.05, 0.1) is 17.3 Å². The number of carbonyl (C=O) groups is 1. The Bertz CT molecular complexity index is 507. The average Bonchev–Trinajstić information content (AvgIpc) is 2.35. The summed E-state index contributed by atoms with van der Waals surface area (Å²) in [7, 11) is 0. The van der Waals surface area contributed by atoms with E-state index in [0.717, 1.165) is 6.07 Å². The highest BCUT2D eigenvalue weighted by molar-refractivity contribution is 6.31. The minimum atomic E-state index is -1.22. The number of hydrogen-bond acceptors (Lipinski definition) is 3. The average molecular weight is 288 g/mol. The highest BCUT2D eigenvalue weighted by Crippen LogP contribution is 2.24. The summed E-state index contributed by atoms with van der Waals surface area (Å²) >= 11 is 5.75. The van der Waals surface area contributed by atoms with E-state index in [1.54, 1.807) is 0 Å². The summed E-state index contributed by atoms with van der Waals surface area (Å²) in [4.78, 5) is 13.5. The Kier molecular flexibility index (Phi) is 3.80. The van der Waals surface area contributed by atoms with Gasteiger partial charge in [0.1, 0.15) is 5.82 Å². The van der Waals surface area contributed by atoms with Crippen molar-refractivity contribution in [2.75, 3.05) is 13.1 Å². The van der Waals surface area contributed by atoms with Crippen LogP contribution in [0.5, 0.6) is 0 Å². The van der Waals surface area contributed by atoms with E-state index in [0.29, 0.717) is 0 Å². The van der Waals surface area contributed by atoms with E-state index in [2.05, 4.69) is 0 Å². The first-order chi connectivity index (χ1) is 8.81. The lowest BCUT2D eigenvalue weighted by molar-refractivity contribution is -0.0999. The molecule has 1 amide bonds. The summed E-state index contributed by atoms with van der Waals surface area (Å²) in [6.07, 6.45) is -0.810. The molecule has 0 radical (unpaired) electrons. The number of carbonyl (C=O) groups excluding carboxylic acids is 1. The number of likely N-dealkylation sites (tertiary alicyclic amines) is 1. The maximum Gasteiger partial charge on any atom is 0.256 e. The molecule has 0 spiro atoms. The van der Waals surface area contributed by atoms with Gasteiger partial charge in [-0.1, -0.05) is 11.6 Å². The van der Waals surface area contributed by atoms with Gasteiger partial charge in [-0.25, -0.2) is 4.39 Å². The van der Waals surface area contributed by atoms with Crippen molar-refractivity contribution in [2.45, 2.75) is 25.0 Å². The van der Waals surface area contributed by atoms with E-state index in [9.17, 15) is 19.4 Å². The molecule has 0 bridgehead atoms. The van der Waals surface area contributed by atoms with Crippen molar-refractivity contribution in [1.29, 1.82) is 0 Å². The number of amides is 1. The molecule has 1 saturated heterocycles. The van der Waals surface area contributed by atoms with Gasteiger partial charge in [-0.05, 0) is 31.5 Å². The summed E-state index contributed by atoms with van der Waals surface area (Å²) in [5.74, 6) is -1.18. The number of rotatable bonds is 1. The third-order valence-electron chi connectivity index (χ3n) is 3.45. The molecule has 1 aromatic rings. The Morgan fingerprint density at radius 2 is 2.26 bits per heavy atom. The van der Waals surface area contributed by atoms with Crippen molar-refractivity contribution >= 4 is 17.5 Å². The third kappa shape index (κ3) is 2.88. The largest absolute Gasteiger partial charge is 0.388 e. The zero-order valence-corrected chi connectivity index (χ0v) is 11.2. The maximum atomic E-state index is 13.6. The van der Waals surface area contributed by atoms with E-state index in [-0.39, 0.29) is 30.1 Å². The van der Waals surface area contributed by atoms with Gasteiger partial charge < -0.3 is 15.1 Å². The molecule has 4 nitrogen and oxygen atoms in total. The molecule has 6 heteroatoms. The number of benzene rings is 1. The second kappa shape index (κ2) is 5.07. The number of nitrogens with zero attached hydrogens (tertiary/aromatic N) is 1. The molecule has 2 N–H and O–H groups in total. The molecule has 1 aliphatic rings. The monoisotopic (exact) mass is 287 g/mol. The van der Waals surface area contributed by atoms with Gasteiger partial charge in [0.25, 0.3) is 5.91 Å². The summed E-state index contributed by atoms with van der Waals surface area (Å²) in [6, 6.07) is 3.76. The van der Waals surface area contributed by atoms with Crippen LogP contribution in [-0.2, 0) is 0 Å². The fraction of sp³-hybridized carbons (Fsp3) is 0.462. The normalized spacial score (nSPS) is 27.4. The van der Waals surface area contributed by atoms with Crippen LogP contribution in [0.15, 0.2) is 18.2 Å². The SMILES string of the molecule is C[C@@]1(O)CCN(C(=O)c2cc(Cl)ccc2F)C[C@H]1O. The van der Waals surface area contributed by atoms with Crippen LogP contribution in [0.1, 0.15) is 23.7 Å². The van der Waals surface area contributed by atoms with Crippen LogP contribution < -0.4 is 0 Å². The smallest absolute Gasteiger partial charge is 0.256 e. The molecule has 0 saturated carbocycles. The zero-order chi connectivity index (χ0) is 14.2. The van der Waals surface area contributed by atoms with Crippen molar-refractivity contribution in [3.05, 3.63) is 34.6 Å². The van der Waals surface area contributed by atoms with Crippen LogP contribution >= 0.6 is 11.6 Å². The molecule has 0 unspecified atom stereocenters. The van der Waals surface area contributed by atoms with Crippen LogP contribution in [0.25, 0.3) is 0 Å². The highest BCUT2D eigenvalue weighted by Gasteiger charge is 2.38. The van der Waals surface area contributed by atoms with Crippen LogP contribution in [-0.4, -0.2) is 45.8 Å². The molecular formula is C13H15ClFNO3. The number of aliphatic hydroxyl groups excluding tert-OH is 1. The molecule has 0 aliphatic carbocycles. The molecule has 0 aromatic heterocycles. The molecule has 1 heterocycles. The van der Waals surface area contributed by atoms with Gasteiger partial charge in [-0.3, -0.25) is 4.79 Å². The second-order valence-electron chi connectivity index (χ2n) is 5.00. The predicted octanol–water partition coefficient (Wildman–Crippen LogP) is 1.44. The predicted molar refractivity (Wildman–Crippen MR) is 68.6 cm³/mol. The van der Waals surface area contributed by atoms with Crippen molar-refractivity contribution in [3.8, 4) is 0 Å². The lowest BCUT2D eigenvalue weighted by Gasteiger charge is -2.39. The minimum absolute atomic E-state index is 0.0300. The van der Waals surface area contributed by atoms with Gasteiger partial charge in [0.15, 0.2) is 0 Å². The Labute approximate surface area is 115 Å². The number of halogens is 2. The topological polar surface area (TPSA) is 60.8 Å². The van der Waals surface area contributed by atoms with Crippen LogP contribution in [0.4, 0.5) is 4.39 Å². The standard InChI is InChI=1S/C13H15ClFNO3/c1-13(19)4-5-16(7-11(13)17)12(18)9-6-8(14)2-3-10(9)15/h2-3,6,11,17,19H,4-5,7H2,1H3/t11-,13-/m1/s1. The first kappa shape index (κ1) is 14.2. The fourth-order valence-electron chi connectivity index (χ4n) is 2.04. The van der Waals surface area contributed by atoms with Crippen molar-refractivity contribution in [3.63, 3.8) is 0 Å². The van der Waals surface area contributed by atoms with Gasteiger partial charge in [0.2, 0.25) is 0 Å². The molecule has 1 aromatic carbocycles. The van der Waals surface area contributed by atoms with E-state index in [1.807, 2.05) is 0 Å². The molecule has 2 atom stereocenters. The second-order valence-corrected chi connectivity index (χ2v) is 5.43. The van der Waals surface area contributed by atoms with E-state index in [4.69, 9.17) is 11.6 Å². The summed E-state index contributed by atoms with van der Waals surface area (Å²) in [5, 5.41) is 19.9. The molecule has 1 aliphatic heterocycles. The third-order valence-corrected chi connectivity index (χ3v) is 3.68. The number of hydrogen-bond donors (Lipinski definition) is 2. The van der Waals surface area contributed by atoms with Crippen molar-refractivity contribution in [1.82, 2.24) is 4.90 Å². The van der Waals surface area contributed by atoms with Crippen LogP contribution in [0.2, 0.25) is 5.02 Å². The quantitative estimate of drug-likeness (QED) is 0.822. The molecule has 19 heavy (non-hydrogen) atoms. The lowest BCUT2D eigenvalue weighted by Crippen LogP contribution is -2.55. The maximum absolute atomic E-state index is 13.6. The van der Waals surface area contributed by atoms with Gasteiger partial charge in [-0.2, -0.15) is 0 Å². The molecule has 1 fully saturated rings. The minimum Gasteiger partial charge on any atom is -0.388 e. The Balaban J connectivity index is 2.19. The zero-order valence-electron chi connectivity index (χ0n) is 10.4. The van der Waals surface area contributed by atoms with Gasteiger partial charge in [-0.15, -0.1) is 0 Å². The van der Waals surface area contributed by atoms with Crippen LogP contribution in [0, 0.1) is 5.82 Å². The number of piperidine rings is 1. The number of aliphatic hydroxyl groups is 2. The Hall–Kier alpha value is -1.17. The molecule has 104 valence electrons. The first-order valence-corrected chi connectivity index (χ1v) is 6.34. The summed E-state index contributed by atoms with van der Waals surface area (Å²) < 4.78 is 13.6.